The molecule has 2 rings (SSSR count). The Balaban J connectivity index is 1.87. The quantitative estimate of drug-likeness (QED) is 0.786. The molecule has 2 amide bonds. The third-order valence-electron chi connectivity index (χ3n) is 4.65. The van der Waals surface area contributed by atoms with Gasteiger partial charge in [-0.1, -0.05) is 20.8 Å². The van der Waals surface area contributed by atoms with Gasteiger partial charge in [-0.05, 0) is 37.0 Å². The Morgan fingerprint density at radius 2 is 1.84 bits per heavy atom. The minimum atomic E-state index is -0.0250. The molecule has 0 bridgehead atoms. The van der Waals surface area contributed by atoms with Crippen LogP contribution in [0.5, 0.6) is 0 Å². The molecule has 1 saturated heterocycles. The maximum atomic E-state index is 12.4. The number of rotatable bonds is 1. The lowest BCUT2D eigenvalue weighted by Gasteiger charge is -2.38. The first kappa shape index (κ1) is 14.4. The van der Waals surface area contributed by atoms with Gasteiger partial charge in [0.2, 0.25) is 11.8 Å². The summed E-state index contributed by atoms with van der Waals surface area (Å²) in [6.45, 7) is 8.38. The smallest absolute Gasteiger partial charge is 0.239 e. The molecule has 1 heterocycles. The molecule has 0 unspecified atom stereocenters. The zero-order valence-electron chi connectivity index (χ0n) is 12.4. The van der Waals surface area contributed by atoms with Gasteiger partial charge in [0.25, 0.3) is 0 Å². The van der Waals surface area contributed by atoms with Crippen LogP contribution in [0.4, 0.5) is 0 Å². The van der Waals surface area contributed by atoms with Crippen LogP contribution < -0.4 is 5.32 Å². The highest BCUT2D eigenvalue weighted by atomic mass is 16.2. The van der Waals surface area contributed by atoms with E-state index < -0.39 is 0 Å². The fourth-order valence-electron chi connectivity index (χ4n) is 3.29. The number of nitrogens with one attached hydrogen (secondary N) is 1. The minimum absolute atomic E-state index is 0.0250. The minimum Gasteiger partial charge on any atom is -0.353 e. The van der Waals surface area contributed by atoms with Crippen molar-refractivity contribution in [1.29, 1.82) is 0 Å². The van der Waals surface area contributed by atoms with Gasteiger partial charge in [0.05, 0.1) is 6.54 Å². The van der Waals surface area contributed by atoms with Crippen LogP contribution in [0.3, 0.4) is 0 Å². The predicted molar refractivity (Wildman–Crippen MR) is 74.5 cm³/mol. The summed E-state index contributed by atoms with van der Waals surface area (Å²) >= 11 is 0. The van der Waals surface area contributed by atoms with E-state index in [0.717, 1.165) is 31.6 Å². The van der Waals surface area contributed by atoms with Crippen LogP contribution >= 0.6 is 0 Å². The monoisotopic (exact) mass is 266 g/mol. The van der Waals surface area contributed by atoms with Crippen molar-refractivity contribution in [3.8, 4) is 0 Å². The first-order valence-electron chi connectivity index (χ1n) is 7.43. The molecule has 2 fully saturated rings. The van der Waals surface area contributed by atoms with Crippen molar-refractivity contribution in [3.05, 3.63) is 0 Å². The Bertz CT molecular complexity index is 352. The molecule has 19 heavy (non-hydrogen) atoms. The summed E-state index contributed by atoms with van der Waals surface area (Å²) < 4.78 is 0. The standard InChI is InChI=1S/C15H26N2O2/c1-15(2,3)12-6-4-11(5-7-12)14(19)17-9-8-16-13(18)10-17/h11-12H,4-10H2,1-3H3,(H,16,18). The topological polar surface area (TPSA) is 49.4 Å². The van der Waals surface area contributed by atoms with E-state index in [4.69, 9.17) is 0 Å². The first-order valence-corrected chi connectivity index (χ1v) is 7.43. The predicted octanol–water partition coefficient (Wildman–Crippen LogP) is 1.80. The molecule has 0 atom stereocenters. The second-order valence-corrected chi connectivity index (χ2v) is 7.02. The van der Waals surface area contributed by atoms with E-state index in [2.05, 4.69) is 26.1 Å². The molecule has 0 aromatic rings. The molecule has 0 radical (unpaired) electrons. The fraction of sp³-hybridized carbons (Fsp3) is 0.867. The van der Waals surface area contributed by atoms with Crippen molar-refractivity contribution >= 4 is 11.8 Å². The normalized spacial score (nSPS) is 29.0. The van der Waals surface area contributed by atoms with Crippen molar-refractivity contribution in [2.45, 2.75) is 46.5 Å². The first-order chi connectivity index (χ1) is 8.88. The molecule has 1 aliphatic heterocycles. The Morgan fingerprint density at radius 1 is 1.21 bits per heavy atom. The highest BCUT2D eigenvalue weighted by Crippen LogP contribution is 2.40. The molecule has 4 heteroatoms. The third kappa shape index (κ3) is 3.48. The van der Waals surface area contributed by atoms with Gasteiger partial charge in [-0.2, -0.15) is 0 Å². The molecule has 0 aromatic heterocycles. The number of nitrogens with zero attached hydrogens (tertiary/aromatic N) is 1. The summed E-state index contributed by atoms with van der Waals surface area (Å²) in [5.41, 5.74) is 0.346. The van der Waals surface area contributed by atoms with Gasteiger partial charge in [-0.25, -0.2) is 0 Å². The second-order valence-electron chi connectivity index (χ2n) is 7.02. The molecule has 1 N–H and O–H groups in total. The van der Waals surface area contributed by atoms with E-state index in [1.165, 1.54) is 0 Å². The molecule has 1 aliphatic carbocycles. The van der Waals surface area contributed by atoms with E-state index in [1.54, 1.807) is 4.90 Å². The maximum Gasteiger partial charge on any atom is 0.239 e. The second kappa shape index (κ2) is 5.51. The largest absolute Gasteiger partial charge is 0.353 e. The van der Waals surface area contributed by atoms with Crippen LogP contribution in [-0.4, -0.2) is 36.3 Å². The van der Waals surface area contributed by atoms with Crippen LogP contribution in [0, 0.1) is 17.3 Å². The molecule has 108 valence electrons. The molecule has 2 aliphatic rings. The lowest BCUT2D eigenvalue weighted by Crippen LogP contribution is -2.52. The number of carbonyl (C=O) groups is 2. The van der Waals surface area contributed by atoms with Crippen molar-refractivity contribution in [2.75, 3.05) is 19.6 Å². The molecule has 0 spiro atoms. The van der Waals surface area contributed by atoms with Crippen molar-refractivity contribution < 1.29 is 9.59 Å². The molecule has 4 nitrogen and oxygen atoms in total. The van der Waals surface area contributed by atoms with Gasteiger partial charge >= 0.3 is 0 Å². The Labute approximate surface area is 115 Å². The summed E-state index contributed by atoms with van der Waals surface area (Å²) in [5.74, 6) is 1.04. The summed E-state index contributed by atoms with van der Waals surface area (Å²) in [6, 6.07) is 0. The average molecular weight is 266 g/mol. The van der Waals surface area contributed by atoms with E-state index in [-0.39, 0.29) is 24.3 Å². The number of carbonyl (C=O) groups excluding carboxylic acids is 2. The van der Waals surface area contributed by atoms with Crippen LogP contribution in [0.1, 0.15) is 46.5 Å². The summed E-state index contributed by atoms with van der Waals surface area (Å²) in [7, 11) is 0. The fourth-order valence-corrected chi connectivity index (χ4v) is 3.29. The number of amides is 2. The number of piperazine rings is 1. The third-order valence-corrected chi connectivity index (χ3v) is 4.65. The molecule has 0 aromatic carbocycles. The van der Waals surface area contributed by atoms with Gasteiger partial charge in [-0.15, -0.1) is 0 Å². The van der Waals surface area contributed by atoms with Crippen LogP contribution in [-0.2, 0) is 9.59 Å². The van der Waals surface area contributed by atoms with E-state index in [0.29, 0.717) is 18.5 Å². The summed E-state index contributed by atoms with van der Waals surface area (Å²) in [6.07, 6.45) is 4.25. The SMILES string of the molecule is CC(C)(C)C1CCC(C(=O)N2CCNC(=O)C2)CC1. The lowest BCUT2D eigenvalue weighted by atomic mass is 9.69. The van der Waals surface area contributed by atoms with E-state index in [9.17, 15) is 9.59 Å². The lowest BCUT2D eigenvalue weighted by molar-refractivity contribution is -0.142. The zero-order chi connectivity index (χ0) is 14.0. The maximum absolute atomic E-state index is 12.4. The van der Waals surface area contributed by atoms with E-state index in [1.807, 2.05) is 0 Å². The van der Waals surface area contributed by atoms with Crippen LogP contribution in [0.2, 0.25) is 0 Å². The molecular formula is C15H26N2O2. The zero-order valence-corrected chi connectivity index (χ0v) is 12.4. The molecule has 1 saturated carbocycles. The number of hydrogen-bond donors (Lipinski definition) is 1. The van der Waals surface area contributed by atoms with Crippen LogP contribution in [0.15, 0.2) is 0 Å². The van der Waals surface area contributed by atoms with Crippen molar-refractivity contribution in [2.24, 2.45) is 17.3 Å². The van der Waals surface area contributed by atoms with E-state index >= 15 is 0 Å². The van der Waals surface area contributed by atoms with Gasteiger partial charge < -0.3 is 10.2 Å². The average Bonchev–Trinajstić information content (AvgIpc) is 2.37. The van der Waals surface area contributed by atoms with Crippen LogP contribution in [0.25, 0.3) is 0 Å². The number of hydrogen-bond acceptors (Lipinski definition) is 2. The summed E-state index contributed by atoms with van der Waals surface area (Å²) in [4.78, 5) is 25.5. The van der Waals surface area contributed by atoms with Gasteiger partial charge in [0, 0.05) is 19.0 Å². The Kier molecular flexibility index (Phi) is 4.16. The van der Waals surface area contributed by atoms with Crippen molar-refractivity contribution in [3.63, 3.8) is 0 Å². The Morgan fingerprint density at radius 3 is 2.37 bits per heavy atom. The Hall–Kier alpha value is -1.06. The van der Waals surface area contributed by atoms with Crippen molar-refractivity contribution in [1.82, 2.24) is 10.2 Å². The van der Waals surface area contributed by atoms with Gasteiger partial charge in [0.15, 0.2) is 0 Å². The van der Waals surface area contributed by atoms with Gasteiger partial charge in [0.1, 0.15) is 0 Å². The highest BCUT2D eigenvalue weighted by Gasteiger charge is 2.34. The van der Waals surface area contributed by atoms with Gasteiger partial charge in [-0.3, -0.25) is 9.59 Å². The highest BCUT2D eigenvalue weighted by molar-refractivity contribution is 5.87. The molecular weight excluding hydrogens is 240 g/mol. The summed E-state index contributed by atoms with van der Waals surface area (Å²) in [5, 5.41) is 2.76.